The van der Waals surface area contributed by atoms with E-state index in [1.165, 1.54) is 12.3 Å². The number of amides is 1. The highest BCUT2D eigenvalue weighted by atomic mass is 16.5. The van der Waals surface area contributed by atoms with Gasteiger partial charge in [-0.2, -0.15) is 0 Å². The predicted molar refractivity (Wildman–Crippen MR) is 85.2 cm³/mol. The van der Waals surface area contributed by atoms with Gasteiger partial charge < -0.3 is 18.9 Å². The summed E-state index contributed by atoms with van der Waals surface area (Å²) in [6.07, 6.45) is 1.42. The van der Waals surface area contributed by atoms with Gasteiger partial charge in [0.05, 0.1) is 12.7 Å². The summed E-state index contributed by atoms with van der Waals surface area (Å²) >= 11 is 0. The van der Waals surface area contributed by atoms with Crippen LogP contribution in [0.2, 0.25) is 0 Å². The van der Waals surface area contributed by atoms with Crippen molar-refractivity contribution in [2.45, 2.75) is 13.0 Å². The van der Waals surface area contributed by atoms with Crippen molar-refractivity contribution < 1.29 is 23.2 Å². The zero-order valence-corrected chi connectivity index (χ0v) is 13.2. The van der Waals surface area contributed by atoms with E-state index in [-0.39, 0.29) is 37.1 Å². The van der Waals surface area contributed by atoms with Gasteiger partial charge in [0.1, 0.15) is 0 Å². The Labute approximate surface area is 142 Å². The number of carbonyl (C=O) groups is 2. The molecule has 1 aromatic carbocycles. The summed E-state index contributed by atoms with van der Waals surface area (Å²) in [5.74, 6) is -0.127. The molecule has 0 saturated heterocycles. The molecule has 3 aromatic rings. The molecule has 0 radical (unpaired) electrons. The van der Waals surface area contributed by atoms with Gasteiger partial charge in [-0.3, -0.25) is 9.59 Å². The van der Waals surface area contributed by atoms with Crippen LogP contribution in [0.3, 0.4) is 0 Å². The van der Waals surface area contributed by atoms with Gasteiger partial charge >= 0.3 is 5.97 Å². The van der Waals surface area contributed by atoms with Gasteiger partial charge in [-0.1, -0.05) is 18.2 Å². The van der Waals surface area contributed by atoms with E-state index in [1.807, 2.05) is 30.3 Å². The minimum absolute atomic E-state index is 0.0200. The average molecular weight is 341 g/mol. The molecular formula is C17H15N3O5. The van der Waals surface area contributed by atoms with E-state index in [4.69, 9.17) is 13.6 Å². The Bertz CT molecular complexity index is 827. The van der Waals surface area contributed by atoms with Crippen molar-refractivity contribution in [1.82, 2.24) is 15.5 Å². The zero-order valence-electron chi connectivity index (χ0n) is 13.2. The minimum Gasteiger partial charge on any atom is -0.459 e. The third-order valence-corrected chi connectivity index (χ3v) is 3.20. The lowest BCUT2D eigenvalue weighted by Gasteiger charge is -2.03. The van der Waals surface area contributed by atoms with Gasteiger partial charge in [-0.15, -0.1) is 10.2 Å². The smallest absolute Gasteiger partial charge is 0.308 e. The lowest BCUT2D eigenvalue weighted by molar-refractivity contribution is -0.145. The topological polar surface area (TPSA) is 107 Å². The zero-order chi connectivity index (χ0) is 17.5. The normalized spacial score (nSPS) is 10.4. The maximum absolute atomic E-state index is 11.7. The molecule has 0 unspecified atom stereocenters. The van der Waals surface area contributed by atoms with Crippen LogP contribution in [-0.2, 0) is 16.1 Å². The minimum atomic E-state index is -0.487. The molecule has 3 rings (SSSR count). The summed E-state index contributed by atoms with van der Waals surface area (Å²) in [4.78, 5) is 23.3. The number of hydrogen-bond acceptors (Lipinski definition) is 7. The Morgan fingerprint density at radius 1 is 1.08 bits per heavy atom. The second-order valence-corrected chi connectivity index (χ2v) is 5.01. The Morgan fingerprint density at radius 3 is 2.68 bits per heavy atom. The second kappa shape index (κ2) is 7.91. The average Bonchev–Trinajstić information content (AvgIpc) is 3.32. The highest BCUT2D eigenvalue weighted by Gasteiger charge is 2.12. The summed E-state index contributed by atoms with van der Waals surface area (Å²) in [5.41, 5.74) is 0.785. The number of furan rings is 1. The lowest BCUT2D eigenvalue weighted by atomic mass is 10.2. The van der Waals surface area contributed by atoms with Crippen LogP contribution in [0.1, 0.15) is 22.9 Å². The third kappa shape index (κ3) is 4.54. The van der Waals surface area contributed by atoms with Gasteiger partial charge in [0.15, 0.2) is 12.4 Å². The molecule has 0 fully saturated rings. The quantitative estimate of drug-likeness (QED) is 0.656. The van der Waals surface area contributed by atoms with Crippen LogP contribution in [0.25, 0.3) is 11.5 Å². The Morgan fingerprint density at radius 2 is 1.92 bits per heavy atom. The highest BCUT2D eigenvalue weighted by molar-refractivity contribution is 5.91. The van der Waals surface area contributed by atoms with Gasteiger partial charge in [-0.05, 0) is 24.3 Å². The van der Waals surface area contributed by atoms with Crippen molar-refractivity contribution in [2.75, 3.05) is 6.54 Å². The molecule has 8 nitrogen and oxygen atoms in total. The third-order valence-electron chi connectivity index (χ3n) is 3.20. The van der Waals surface area contributed by atoms with Gasteiger partial charge in [0.2, 0.25) is 5.89 Å². The molecule has 25 heavy (non-hydrogen) atoms. The van der Waals surface area contributed by atoms with E-state index in [2.05, 4.69) is 15.5 Å². The van der Waals surface area contributed by atoms with Gasteiger partial charge in [0, 0.05) is 12.1 Å². The molecule has 0 aliphatic carbocycles. The molecule has 8 heteroatoms. The van der Waals surface area contributed by atoms with Crippen LogP contribution in [0.15, 0.2) is 57.6 Å². The lowest BCUT2D eigenvalue weighted by Crippen LogP contribution is -2.26. The van der Waals surface area contributed by atoms with E-state index in [1.54, 1.807) is 6.07 Å². The number of hydrogen-bond donors (Lipinski definition) is 1. The van der Waals surface area contributed by atoms with E-state index in [9.17, 15) is 9.59 Å². The number of carbonyl (C=O) groups excluding carboxylic acids is 2. The maximum atomic E-state index is 11.7. The van der Waals surface area contributed by atoms with E-state index in [0.717, 1.165) is 5.56 Å². The van der Waals surface area contributed by atoms with Crippen LogP contribution in [-0.4, -0.2) is 28.6 Å². The molecule has 2 heterocycles. The molecule has 128 valence electrons. The first-order valence-electron chi connectivity index (χ1n) is 7.57. The molecule has 0 saturated carbocycles. The summed E-state index contributed by atoms with van der Waals surface area (Å²) in [7, 11) is 0. The first-order valence-corrected chi connectivity index (χ1v) is 7.57. The fourth-order valence-electron chi connectivity index (χ4n) is 2.00. The first-order chi connectivity index (χ1) is 12.2. The summed E-state index contributed by atoms with van der Waals surface area (Å²) in [6, 6.07) is 12.4. The Kier molecular flexibility index (Phi) is 5.20. The van der Waals surface area contributed by atoms with Crippen LogP contribution in [0, 0.1) is 0 Å². The molecular weight excluding hydrogens is 326 g/mol. The van der Waals surface area contributed by atoms with Crippen molar-refractivity contribution in [1.29, 1.82) is 0 Å². The van der Waals surface area contributed by atoms with Crippen molar-refractivity contribution >= 4 is 11.9 Å². The molecule has 0 aliphatic heterocycles. The number of rotatable bonds is 7. The van der Waals surface area contributed by atoms with E-state index in [0.29, 0.717) is 5.89 Å². The Hall–Kier alpha value is -3.42. The second-order valence-electron chi connectivity index (χ2n) is 5.01. The molecule has 1 amide bonds. The molecule has 0 bridgehead atoms. The van der Waals surface area contributed by atoms with Gasteiger partial charge in [-0.25, -0.2) is 0 Å². The van der Waals surface area contributed by atoms with Crippen molar-refractivity contribution in [3.63, 3.8) is 0 Å². The number of nitrogens with zero attached hydrogens (tertiary/aromatic N) is 2. The van der Waals surface area contributed by atoms with Crippen LogP contribution >= 0.6 is 0 Å². The van der Waals surface area contributed by atoms with Crippen molar-refractivity contribution in [3.8, 4) is 11.5 Å². The van der Waals surface area contributed by atoms with Crippen molar-refractivity contribution in [3.05, 3.63) is 60.4 Å². The molecule has 2 aromatic heterocycles. The van der Waals surface area contributed by atoms with Crippen LogP contribution in [0.5, 0.6) is 0 Å². The SMILES string of the molecule is O=C(CCNC(=O)c1ccco1)OCc1nnc(-c2ccccc2)o1. The van der Waals surface area contributed by atoms with Crippen molar-refractivity contribution in [2.24, 2.45) is 0 Å². The molecule has 0 aliphatic rings. The summed E-state index contributed by atoms with van der Waals surface area (Å²) in [6.45, 7) is 0.0161. The summed E-state index contributed by atoms with van der Waals surface area (Å²) < 4.78 is 15.4. The maximum Gasteiger partial charge on any atom is 0.308 e. The van der Waals surface area contributed by atoms with Gasteiger partial charge in [0.25, 0.3) is 11.8 Å². The van der Waals surface area contributed by atoms with Crippen LogP contribution in [0.4, 0.5) is 0 Å². The largest absolute Gasteiger partial charge is 0.459 e. The first kappa shape index (κ1) is 16.4. The molecule has 0 atom stereocenters. The highest BCUT2D eigenvalue weighted by Crippen LogP contribution is 2.17. The number of nitrogens with one attached hydrogen (secondary N) is 1. The number of ether oxygens (including phenoxy) is 1. The molecule has 0 spiro atoms. The number of esters is 1. The fourth-order valence-corrected chi connectivity index (χ4v) is 2.00. The summed E-state index contributed by atoms with van der Waals surface area (Å²) in [5, 5.41) is 10.3. The predicted octanol–water partition coefficient (Wildman–Crippen LogP) is 2.19. The number of aromatic nitrogens is 2. The van der Waals surface area contributed by atoms with Crippen LogP contribution < -0.4 is 5.32 Å². The van der Waals surface area contributed by atoms with E-state index < -0.39 is 5.97 Å². The van der Waals surface area contributed by atoms with E-state index >= 15 is 0 Å². The Balaban J connectivity index is 1.41. The standard InChI is InChI=1S/C17H15N3O5/c21-15(8-9-18-16(22)13-7-4-10-23-13)24-11-14-19-20-17(25-14)12-5-2-1-3-6-12/h1-7,10H,8-9,11H2,(H,18,22). The number of benzene rings is 1. The monoisotopic (exact) mass is 341 g/mol. The molecule has 1 N–H and O–H groups in total. The fraction of sp³-hybridized carbons (Fsp3) is 0.176.